The van der Waals surface area contributed by atoms with Crippen molar-refractivity contribution in [1.82, 2.24) is 0 Å². The van der Waals surface area contributed by atoms with Gasteiger partial charge in [0.2, 0.25) is 0 Å². The number of methoxy groups -OCH3 is 2. The molecule has 0 saturated heterocycles. The Bertz CT molecular complexity index is 625. The maximum absolute atomic E-state index is 10.5. The highest BCUT2D eigenvalue weighted by Crippen LogP contribution is 2.31. The maximum Gasteiger partial charge on any atom is 0.160 e. The third-order valence-corrected chi connectivity index (χ3v) is 4.40. The quantitative estimate of drug-likeness (QED) is 0.883. The molecule has 0 aliphatic heterocycles. The molecule has 0 aliphatic rings. The van der Waals surface area contributed by atoms with Crippen molar-refractivity contribution < 1.29 is 14.6 Å². The van der Waals surface area contributed by atoms with Gasteiger partial charge in [0, 0.05) is 10.9 Å². The van der Waals surface area contributed by atoms with Gasteiger partial charge in [0.1, 0.15) is 0 Å². The molecule has 3 nitrogen and oxygen atoms in total. The maximum atomic E-state index is 10.5. The second-order valence-electron chi connectivity index (χ2n) is 4.86. The predicted octanol–water partition coefficient (Wildman–Crippen LogP) is 4.05. The van der Waals surface area contributed by atoms with Crippen LogP contribution in [-0.2, 0) is 6.42 Å². The molecular weight excluding hydrogens is 332 g/mol. The van der Waals surface area contributed by atoms with E-state index in [4.69, 9.17) is 9.47 Å². The molecular formula is C17H19BrO3. The molecule has 1 atom stereocenters. The summed E-state index contributed by atoms with van der Waals surface area (Å²) in [7, 11) is 3.22. The first-order chi connectivity index (χ1) is 10.1. The third-order valence-electron chi connectivity index (χ3n) is 3.55. The number of ether oxygens (including phenoxy) is 2. The Labute approximate surface area is 133 Å². The van der Waals surface area contributed by atoms with E-state index in [0.29, 0.717) is 17.9 Å². The van der Waals surface area contributed by atoms with Crippen molar-refractivity contribution in [1.29, 1.82) is 0 Å². The van der Waals surface area contributed by atoms with Crippen molar-refractivity contribution in [2.45, 2.75) is 19.4 Å². The highest BCUT2D eigenvalue weighted by Gasteiger charge is 2.14. The zero-order chi connectivity index (χ0) is 15.4. The van der Waals surface area contributed by atoms with Crippen molar-refractivity contribution in [3.8, 4) is 11.5 Å². The lowest BCUT2D eigenvalue weighted by atomic mass is 9.97. The molecule has 0 fully saturated rings. The van der Waals surface area contributed by atoms with Gasteiger partial charge in [-0.15, -0.1) is 0 Å². The van der Waals surface area contributed by atoms with Crippen molar-refractivity contribution in [2.24, 2.45) is 0 Å². The molecule has 0 aliphatic carbocycles. The minimum absolute atomic E-state index is 0.525. The lowest BCUT2D eigenvalue weighted by Crippen LogP contribution is -2.04. The molecule has 2 rings (SSSR count). The highest BCUT2D eigenvalue weighted by atomic mass is 79.9. The molecule has 1 unspecified atom stereocenters. The molecule has 1 N–H and O–H groups in total. The van der Waals surface area contributed by atoms with E-state index in [-0.39, 0.29) is 0 Å². The average molecular weight is 351 g/mol. The van der Waals surface area contributed by atoms with Gasteiger partial charge in [-0.05, 0) is 41.8 Å². The van der Waals surface area contributed by atoms with E-state index in [1.54, 1.807) is 14.2 Å². The molecule has 0 spiro atoms. The molecule has 0 saturated carbocycles. The van der Waals surface area contributed by atoms with Crippen LogP contribution in [0.4, 0.5) is 0 Å². The van der Waals surface area contributed by atoms with Crippen molar-refractivity contribution in [2.75, 3.05) is 14.2 Å². The SMILES string of the molecule is COc1ccc(CC(O)c2cccc(Br)c2C)cc1OC. The van der Waals surface area contributed by atoms with Gasteiger partial charge in [0.15, 0.2) is 11.5 Å². The van der Waals surface area contributed by atoms with Gasteiger partial charge in [0.25, 0.3) is 0 Å². The summed E-state index contributed by atoms with van der Waals surface area (Å²) >= 11 is 3.49. The fraction of sp³-hybridized carbons (Fsp3) is 0.294. The van der Waals surface area contributed by atoms with Crippen LogP contribution in [0.15, 0.2) is 40.9 Å². The molecule has 0 aromatic heterocycles. The van der Waals surface area contributed by atoms with Crippen LogP contribution >= 0.6 is 15.9 Å². The van der Waals surface area contributed by atoms with Crippen LogP contribution < -0.4 is 9.47 Å². The molecule has 21 heavy (non-hydrogen) atoms. The first-order valence-corrected chi connectivity index (χ1v) is 7.50. The Balaban J connectivity index is 2.23. The Morgan fingerprint density at radius 3 is 2.48 bits per heavy atom. The number of hydrogen-bond donors (Lipinski definition) is 1. The molecule has 2 aromatic carbocycles. The van der Waals surface area contributed by atoms with Crippen LogP contribution in [0.25, 0.3) is 0 Å². The van der Waals surface area contributed by atoms with Crippen LogP contribution in [0.2, 0.25) is 0 Å². The predicted molar refractivity (Wildman–Crippen MR) is 87.1 cm³/mol. The second-order valence-corrected chi connectivity index (χ2v) is 5.72. The molecule has 0 bridgehead atoms. The summed E-state index contributed by atoms with van der Waals surface area (Å²) in [6, 6.07) is 11.6. The van der Waals surface area contributed by atoms with Crippen molar-refractivity contribution in [3.63, 3.8) is 0 Å². The number of hydrogen-bond acceptors (Lipinski definition) is 3. The van der Waals surface area contributed by atoms with E-state index < -0.39 is 6.10 Å². The van der Waals surface area contributed by atoms with E-state index in [0.717, 1.165) is 21.2 Å². The van der Waals surface area contributed by atoms with E-state index in [1.807, 2.05) is 43.3 Å². The normalized spacial score (nSPS) is 12.0. The molecule has 0 radical (unpaired) electrons. The highest BCUT2D eigenvalue weighted by molar-refractivity contribution is 9.10. The monoisotopic (exact) mass is 350 g/mol. The zero-order valence-electron chi connectivity index (χ0n) is 12.4. The van der Waals surface area contributed by atoms with Gasteiger partial charge in [-0.25, -0.2) is 0 Å². The van der Waals surface area contributed by atoms with E-state index in [2.05, 4.69) is 15.9 Å². The number of benzene rings is 2. The molecule has 0 amide bonds. The number of rotatable bonds is 5. The summed E-state index contributed by atoms with van der Waals surface area (Å²) in [6.45, 7) is 2.00. The van der Waals surface area contributed by atoms with Gasteiger partial charge in [-0.3, -0.25) is 0 Å². The van der Waals surface area contributed by atoms with Crippen molar-refractivity contribution in [3.05, 3.63) is 57.6 Å². The molecule has 4 heteroatoms. The van der Waals surface area contributed by atoms with Gasteiger partial charge in [0.05, 0.1) is 20.3 Å². The Kier molecular flexibility index (Phi) is 5.26. The van der Waals surface area contributed by atoms with E-state index in [1.165, 1.54) is 0 Å². The largest absolute Gasteiger partial charge is 0.493 e. The van der Waals surface area contributed by atoms with Crippen molar-refractivity contribution >= 4 is 15.9 Å². The number of halogens is 1. The van der Waals surface area contributed by atoms with Crippen LogP contribution in [0, 0.1) is 6.92 Å². The Morgan fingerprint density at radius 1 is 1.10 bits per heavy atom. The van der Waals surface area contributed by atoms with E-state index in [9.17, 15) is 5.11 Å². The second kappa shape index (κ2) is 6.96. The average Bonchev–Trinajstić information content (AvgIpc) is 2.49. The first kappa shape index (κ1) is 15.9. The molecule has 2 aromatic rings. The number of aliphatic hydroxyl groups is 1. The summed E-state index contributed by atoms with van der Waals surface area (Å²) in [5.41, 5.74) is 2.99. The minimum Gasteiger partial charge on any atom is -0.493 e. The first-order valence-electron chi connectivity index (χ1n) is 6.70. The Hall–Kier alpha value is -1.52. The van der Waals surface area contributed by atoms with Crippen LogP contribution in [0.1, 0.15) is 22.8 Å². The lowest BCUT2D eigenvalue weighted by Gasteiger charge is -2.16. The van der Waals surface area contributed by atoms with Gasteiger partial charge in [-0.2, -0.15) is 0 Å². The zero-order valence-corrected chi connectivity index (χ0v) is 14.0. The molecule has 0 heterocycles. The summed E-state index contributed by atoms with van der Waals surface area (Å²) in [5, 5.41) is 10.5. The Morgan fingerprint density at radius 2 is 1.81 bits per heavy atom. The van der Waals surface area contributed by atoms with Crippen LogP contribution in [0.3, 0.4) is 0 Å². The summed E-state index contributed by atoms with van der Waals surface area (Å²) in [4.78, 5) is 0. The minimum atomic E-state index is -0.555. The fourth-order valence-corrected chi connectivity index (χ4v) is 2.71. The van der Waals surface area contributed by atoms with Crippen LogP contribution in [0.5, 0.6) is 11.5 Å². The third kappa shape index (κ3) is 3.57. The van der Waals surface area contributed by atoms with Gasteiger partial charge in [-0.1, -0.05) is 34.1 Å². The van der Waals surface area contributed by atoms with Gasteiger partial charge < -0.3 is 14.6 Å². The van der Waals surface area contributed by atoms with Gasteiger partial charge >= 0.3 is 0 Å². The van der Waals surface area contributed by atoms with E-state index >= 15 is 0 Å². The summed E-state index contributed by atoms with van der Waals surface area (Å²) in [6.07, 6.45) is -0.0296. The van der Waals surface area contributed by atoms with Crippen LogP contribution in [-0.4, -0.2) is 19.3 Å². The lowest BCUT2D eigenvalue weighted by molar-refractivity contribution is 0.177. The summed E-state index contributed by atoms with van der Waals surface area (Å²) < 4.78 is 11.5. The number of aliphatic hydroxyl groups excluding tert-OH is 1. The summed E-state index contributed by atoms with van der Waals surface area (Å²) in [5.74, 6) is 1.36. The molecule has 112 valence electrons. The fourth-order valence-electron chi connectivity index (χ4n) is 2.33. The smallest absolute Gasteiger partial charge is 0.160 e. The topological polar surface area (TPSA) is 38.7 Å². The standard InChI is InChI=1S/C17H19BrO3/c1-11-13(5-4-6-14(11)18)15(19)9-12-7-8-16(20-2)17(10-12)21-3/h4-8,10,15,19H,9H2,1-3H3.